The molecule has 6 heteroatoms. The number of ether oxygens (including phenoxy) is 1. The van der Waals surface area contributed by atoms with Crippen LogP contribution >= 0.6 is 0 Å². The van der Waals surface area contributed by atoms with Gasteiger partial charge in [0, 0.05) is 17.3 Å². The van der Waals surface area contributed by atoms with Crippen molar-refractivity contribution >= 4 is 0 Å². The Bertz CT molecular complexity index is 800. The fourth-order valence-electron chi connectivity index (χ4n) is 2.30. The van der Waals surface area contributed by atoms with Crippen LogP contribution in [0.2, 0.25) is 0 Å². The molecule has 0 aliphatic carbocycles. The molecular weight excluding hydrogens is 297 g/mol. The number of aliphatic hydroxyl groups is 1. The molecule has 0 atom stereocenters. The van der Waals surface area contributed by atoms with Crippen molar-refractivity contribution in [3.63, 3.8) is 0 Å². The van der Waals surface area contributed by atoms with Crippen molar-refractivity contribution in [2.45, 2.75) is 13.2 Å². The highest BCUT2D eigenvalue weighted by molar-refractivity contribution is 5.62. The largest absolute Gasteiger partial charge is 0.497 e. The van der Waals surface area contributed by atoms with E-state index in [-0.39, 0.29) is 6.61 Å². The minimum Gasteiger partial charge on any atom is -0.497 e. The van der Waals surface area contributed by atoms with Gasteiger partial charge in [0.25, 0.3) is 0 Å². The number of nitrogens with zero attached hydrogens (tertiary/aromatic N) is 3. The van der Waals surface area contributed by atoms with Gasteiger partial charge in [0.1, 0.15) is 11.6 Å². The molecule has 118 valence electrons. The summed E-state index contributed by atoms with van der Waals surface area (Å²) in [5, 5.41) is 13.4. The molecule has 0 aliphatic heterocycles. The lowest BCUT2D eigenvalue weighted by Gasteiger charge is -2.04. The number of hydrogen-bond acceptors (Lipinski definition) is 4. The summed E-state index contributed by atoms with van der Waals surface area (Å²) < 4.78 is 20.8. The highest BCUT2D eigenvalue weighted by Crippen LogP contribution is 2.23. The van der Waals surface area contributed by atoms with Crippen LogP contribution in [0.4, 0.5) is 4.39 Å². The van der Waals surface area contributed by atoms with Gasteiger partial charge in [-0.25, -0.2) is 4.39 Å². The van der Waals surface area contributed by atoms with Crippen LogP contribution in [0.5, 0.6) is 5.75 Å². The van der Waals surface area contributed by atoms with Crippen LogP contribution in [0, 0.1) is 5.82 Å². The topological polar surface area (TPSA) is 60.2 Å². The fraction of sp³-hybridized carbons (Fsp3) is 0.176. The van der Waals surface area contributed by atoms with E-state index in [1.807, 2.05) is 24.3 Å². The third-order valence-electron chi connectivity index (χ3n) is 3.52. The Labute approximate surface area is 133 Å². The summed E-state index contributed by atoms with van der Waals surface area (Å²) in [4.78, 5) is 3.81. The van der Waals surface area contributed by atoms with Crippen molar-refractivity contribution in [1.82, 2.24) is 14.8 Å². The van der Waals surface area contributed by atoms with Gasteiger partial charge in [0.15, 0.2) is 0 Å². The maximum Gasteiger partial charge on any atom is 0.149 e. The summed E-state index contributed by atoms with van der Waals surface area (Å²) in [6, 6.07) is 9.21. The molecule has 0 spiro atoms. The number of methoxy groups -OCH3 is 1. The first-order valence-corrected chi connectivity index (χ1v) is 7.10. The van der Waals surface area contributed by atoms with E-state index in [2.05, 4.69) is 10.1 Å². The van der Waals surface area contributed by atoms with Crippen LogP contribution in [-0.2, 0) is 13.2 Å². The number of hydrogen-bond donors (Lipinski definition) is 1. The quantitative estimate of drug-likeness (QED) is 0.786. The zero-order valence-electron chi connectivity index (χ0n) is 12.6. The van der Waals surface area contributed by atoms with E-state index in [1.165, 1.54) is 6.07 Å². The number of pyridine rings is 1. The summed E-state index contributed by atoms with van der Waals surface area (Å²) in [6.07, 6.45) is 4.48. The van der Waals surface area contributed by atoms with Crippen molar-refractivity contribution in [3.8, 4) is 16.9 Å². The third-order valence-corrected chi connectivity index (χ3v) is 3.52. The minimum atomic E-state index is -0.439. The molecule has 0 unspecified atom stereocenters. The van der Waals surface area contributed by atoms with E-state index in [4.69, 9.17) is 9.84 Å². The Balaban J connectivity index is 1.82. The number of aromatic nitrogens is 3. The third kappa shape index (κ3) is 3.37. The fourth-order valence-corrected chi connectivity index (χ4v) is 2.30. The molecular formula is C17H16FN3O2. The molecule has 3 aromatic rings. The van der Waals surface area contributed by atoms with Gasteiger partial charge in [-0.15, -0.1) is 0 Å². The molecule has 23 heavy (non-hydrogen) atoms. The first-order chi connectivity index (χ1) is 11.2. The Kier molecular flexibility index (Phi) is 4.34. The molecule has 1 N–H and O–H groups in total. The average molecular weight is 313 g/mol. The van der Waals surface area contributed by atoms with Crippen LogP contribution in [0.25, 0.3) is 11.1 Å². The zero-order valence-corrected chi connectivity index (χ0v) is 12.6. The lowest BCUT2D eigenvalue weighted by Crippen LogP contribution is -1.99. The van der Waals surface area contributed by atoms with Crippen molar-refractivity contribution < 1.29 is 14.2 Å². The van der Waals surface area contributed by atoms with Gasteiger partial charge in [-0.3, -0.25) is 9.67 Å². The summed E-state index contributed by atoms with van der Waals surface area (Å²) in [6.45, 7) is 0.344. The van der Waals surface area contributed by atoms with Gasteiger partial charge in [-0.05, 0) is 23.8 Å². The van der Waals surface area contributed by atoms with Crippen molar-refractivity contribution in [2.24, 2.45) is 0 Å². The monoisotopic (exact) mass is 313 g/mol. The smallest absolute Gasteiger partial charge is 0.149 e. The van der Waals surface area contributed by atoms with Gasteiger partial charge in [0.2, 0.25) is 0 Å². The summed E-state index contributed by atoms with van der Waals surface area (Å²) in [5.74, 6) is 0.358. The minimum absolute atomic E-state index is 0.229. The molecule has 0 aliphatic rings. The first-order valence-electron chi connectivity index (χ1n) is 7.10. The second-order valence-electron chi connectivity index (χ2n) is 5.09. The Morgan fingerprint density at radius 2 is 2.00 bits per heavy atom. The molecule has 0 amide bonds. The van der Waals surface area contributed by atoms with Crippen LogP contribution in [0.3, 0.4) is 0 Å². The van der Waals surface area contributed by atoms with Crippen molar-refractivity contribution in [3.05, 3.63) is 66.0 Å². The SMILES string of the molecule is COc1ccc(Cn2cc(-c3cc(CO)ncc3F)cn2)cc1. The highest BCUT2D eigenvalue weighted by atomic mass is 19.1. The maximum absolute atomic E-state index is 13.9. The molecule has 2 heterocycles. The van der Waals surface area contributed by atoms with Gasteiger partial charge in [-0.2, -0.15) is 5.10 Å². The normalized spacial score (nSPS) is 10.7. The summed E-state index contributed by atoms with van der Waals surface area (Å²) in [5.41, 5.74) is 2.51. The zero-order chi connectivity index (χ0) is 16.2. The van der Waals surface area contributed by atoms with Crippen LogP contribution in [-0.4, -0.2) is 27.0 Å². The van der Waals surface area contributed by atoms with Gasteiger partial charge in [-0.1, -0.05) is 12.1 Å². The van der Waals surface area contributed by atoms with Crippen molar-refractivity contribution in [1.29, 1.82) is 0 Å². The van der Waals surface area contributed by atoms with E-state index in [0.29, 0.717) is 23.4 Å². The van der Waals surface area contributed by atoms with Crippen LogP contribution < -0.4 is 4.74 Å². The van der Waals surface area contributed by atoms with Gasteiger partial charge >= 0.3 is 0 Å². The Morgan fingerprint density at radius 1 is 1.22 bits per heavy atom. The second kappa shape index (κ2) is 6.58. The lowest BCUT2D eigenvalue weighted by molar-refractivity contribution is 0.276. The van der Waals surface area contributed by atoms with Crippen LogP contribution in [0.15, 0.2) is 48.9 Å². The molecule has 5 nitrogen and oxygen atoms in total. The molecule has 3 rings (SSSR count). The number of aliphatic hydroxyl groups excluding tert-OH is 1. The first kappa shape index (κ1) is 15.2. The van der Waals surface area contributed by atoms with E-state index in [1.54, 1.807) is 24.2 Å². The summed E-state index contributed by atoms with van der Waals surface area (Å²) in [7, 11) is 1.62. The van der Waals surface area contributed by atoms with E-state index in [9.17, 15) is 4.39 Å². The number of benzene rings is 1. The predicted molar refractivity (Wildman–Crippen MR) is 83.4 cm³/mol. The van der Waals surface area contributed by atoms with Crippen molar-refractivity contribution in [2.75, 3.05) is 7.11 Å². The van der Waals surface area contributed by atoms with E-state index < -0.39 is 5.82 Å². The average Bonchev–Trinajstić information content (AvgIpc) is 3.04. The molecule has 0 bridgehead atoms. The number of rotatable bonds is 5. The standard InChI is InChI=1S/C17H16FN3O2/c1-23-15-4-2-12(3-5-15)9-21-10-13(7-20-21)16-6-14(11-22)19-8-17(16)18/h2-8,10,22H,9,11H2,1H3. The van der Waals surface area contributed by atoms with Crippen LogP contribution in [0.1, 0.15) is 11.3 Å². The van der Waals surface area contributed by atoms with Gasteiger partial charge < -0.3 is 9.84 Å². The Morgan fingerprint density at radius 3 is 2.70 bits per heavy atom. The molecule has 1 aromatic carbocycles. The second-order valence-corrected chi connectivity index (χ2v) is 5.09. The van der Waals surface area contributed by atoms with E-state index in [0.717, 1.165) is 17.5 Å². The molecule has 0 fully saturated rings. The Hall–Kier alpha value is -2.73. The predicted octanol–water partition coefficient (Wildman–Crippen LogP) is 2.63. The highest BCUT2D eigenvalue weighted by Gasteiger charge is 2.10. The molecule has 2 aromatic heterocycles. The maximum atomic E-state index is 13.9. The molecule has 0 saturated heterocycles. The summed E-state index contributed by atoms with van der Waals surface area (Å²) >= 11 is 0. The van der Waals surface area contributed by atoms with E-state index >= 15 is 0 Å². The molecule has 0 saturated carbocycles. The lowest BCUT2D eigenvalue weighted by atomic mass is 10.1. The number of halogens is 1. The van der Waals surface area contributed by atoms with Gasteiger partial charge in [0.05, 0.1) is 38.3 Å². The molecule has 0 radical (unpaired) electrons.